The molecule has 1 fully saturated rings. The largest absolute Gasteiger partial charge is 0.394 e. The van der Waals surface area contributed by atoms with Crippen LogP contribution < -0.4 is 11.2 Å². The van der Waals surface area contributed by atoms with Crippen LogP contribution in [0.15, 0.2) is 28.4 Å². The Kier molecular flexibility index (Phi) is 4.19. The van der Waals surface area contributed by atoms with Gasteiger partial charge in [-0.3, -0.25) is 14.3 Å². The van der Waals surface area contributed by atoms with Gasteiger partial charge in [-0.25, -0.2) is 4.79 Å². The van der Waals surface area contributed by atoms with E-state index in [1.54, 1.807) is 0 Å². The molecule has 1 unspecified atom stereocenters. The van der Waals surface area contributed by atoms with E-state index in [9.17, 15) is 19.8 Å². The van der Waals surface area contributed by atoms with Crippen LogP contribution in [0.2, 0.25) is 0 Å². The van der Waals surface area contributed by atoms with Crippen molar-refractivity contribution in [3.8, 4) is 0 Å². The lowest BCUT2D eigenvalue weighted by molar-refractivity contribution is -0.0233. The van der Waals surface area contributed by atoms with Gasteiger partial charge in [0, 0.05) is 12.7 Å². The molecule has 8 heteroatoms. The Labute approximate surface area is 113 Å². The fraction of sp³-hybridized carbons (Fsp3) is 0.500. The maximum absolute atomic E-state index is 11.8. The molecule has 0 aromatic carbocycles. The van der Waals surface area contributed by atoms with Crippen LogP contribution in [0.5, 0.6) is 0 Å². The van der Waals surface area contributed by atoms with Crippen molar-refractivity contribution in [1.29, 1.82) is 0 Å². The van der Waals surface area contributed by atoms with Gasteiger partial charge in [0.1, 0.15) is 24.4 Å². The van der Waals surface area contributed by atoms with E-state index in [2.05, 4.69) is 11.6 Å². The number of ether oxygens (including phenoxy) is 1. The summed E-state index contributed by atoms with van der Waals surface area (Å²) in [5, 5.41) is 28.6. The number of H-pyrrole nitrogens is 1. The molecule has 0 bridgehead atoms. The van der Waals surface area contributed by atoms with Gasteiger partial charge in [-0.05, 0) is 0 Å². The van der Waals surface area contributed by atoms with Crippen molar-refractivity contribution in [3.63, 3.8) is 0 Å². The van der Waals surface area contributed by atoms with Gasteiger partial charge in [0.25, 0.3) is 5.56 Å². The molecule has 4 atom stereocenters. The first kappa shape index (κ1) is 14.7. The first-order valence-corrected chi connectivity index (χ1v) is 6.06. The summed E-state index contributed by atoms with van der Waals surface area (Å²) < 4.78 is 6.46. The van der Waals surface area contributed by atoms with Crippen LogP contribution in [0, 0.1) is 0 Å². The van der Waals surface area contributed by atoms with Crippen LogP contribution in [0.3, 0.4) is 0 Å². The van der Waals surface area contributed by atoms with Crippen molar-refractivity contribution in [3.05, 3.63) is 45.3 Å². The summed E-state index contributed by atoms with van der Waals surface area (Å²) in [7, 11) is 0. The van der Waals surface area contributed by atoms with Crippen LogP contribution in [0.1, 0.15) is 11.7 Å². The zero-order valence-corrected chi connectivity index (χ0v) is 10.6. The number of nitrogens with one attached hydrogen (secondary N) is 1. The van der Waals surface area contributed by atoms with E-state index >= 15 is 0 Å². The lowest BCUT2D eigenvalue weighted by Crippen LogP contribution is -2.36. The number of aliphatic hydroxyl groups excluding tert-OH is 3. The Morgan fingerprint density at radius 2 is 2.10 bits per heavy atom. The summed E-state index contributed by atoms with van der Waals surface area (Å²) in [6.07, 6.45) is -2.02. The summed E-state index contributed by atoms with van der Waals surface area (Å²) >= 11 is 0. The summed E-state index contributed by atoms with van der Waals surface area (Å²) in [6, 6.07) is 0. The summed E-state index contributed by atoms with van der Waals surface area (Å²) in [4.78, 5) is 25.4. The third-order valence-electron chi connectivity index (χ3n) is 3.21. The first-order chi connectivity index (χ1) is 9.49. The molecule has 2 heterocycles. The van der Waals surface area contributed by atoms with Gasteiger partial charge in [0.05, 0.1) is 12.2 Å². The predicted octanol–water partition coefficient (Wildman–Crippen LogP) is -2.12. The molecule has 1 aromatic rings. The highest BCUT2D eigenvalue weighted by molar-refractivity contribution is 5.14. The van der Waals surface area contributed by atoms with Gasteiger partial charge in [0.15, 0.2) is 0 Å². The summed E-state index contributed by atoms with van der Waals surface area (Å²) in [5.74, 6) is 0. The number of rotatable bonds is 4. The molecular formula is C12H16N2O6. The Balaban J connectivity index is 2.43. The Morgan fingerprint density at radius 1 is 1.40 bits per heavy atom. The number of allylic oxidation sites excluding steroid dienone is 1. The molecule has 0 saturated carbocycles. The molecule has 0 aliphatic carbocycles. The summed E-state index contributed by atoms with van der Waals surface area (Å²) in [6.45, 7) is 3.18. The molecule has 1 saturated heterocycles. The monoisotopic (exact) mass is 284 g/mol. The van der Waals surface area contributed by atoms with E-state index in [-0.39, 0.29) is 12.1 Å². The Hall–Kier alpha value is -1.74. The molecule has 1 aliphatic rings. The Morgan fingerprint density at radius 3 is 2.65 bits per heavy atom. The highest BCUT2D eigenvalue weighted by Gasteiger charge is 2.44. The topological polar surface area (TPSA) is 125 Å². The minimum atomic E-state index is -1.36. The number of nitrogens with zero attached hydrogens (tertiary/aromatic N) is 1. The number of hydrogen-bond donors (Lipinski definition) is 4. The molecule has 110 valence electrons. The second kappa shape index (κ2) is 5.71. The quantitative estimate of drug-likeness (QED) is 0.468. The molecule has 0 radical (unpaired) electrons. The number of aromatic nitrogens is 2. The lowest BCUT2D eigenvalue weighted by Gasteiger charge is -2.15. The third-order valence-corrected chi connectivity index (χ3v) is 3.21. The highest BCUT2D eigenvalue weighted by atomic mass is 16.6. The molecule has 20 heavy (non-hydrogen) atoms. The highest BCUT2D eigenvalue weighted by Crippen LogP contribution is 2.31. The molecule has 4 N–H and O–H groups in total. The fourth-order valence-corrected chi connectivity index (χ4v) is 2.16. The smallest absolute Gasteiger partial charge is 0.328 e. The summed E-state index contributed by atoms with van der Waals surface area (Å²) in [5.41, 5.74) is -1.30. The van der Waals surface area contributed by atoms with Gasteiger partial charge in [0.2, 0.25) is 0 Å². The minimum Gasteiger partial charge on any atom is -0.394 e. The van der Waals surface area contributed by atoms with E-state index in [4.69, 9.17) is 9.84 Å². The van der Waals surface area contributed by atoms with Crippen LogP contribution >= 0.6 is 0 Å². The molecule has 0 amide bonds. The maximum Gasteiger partial charge on any atom is 0.328 e. The van der Waals surface area contributed by atoms with Crippen molar-refractivity contribution in [2.24, 2.45) is 0 Å². The van der Waals surface area contributed by atoms with Crippen molar-refractivity contribution in [2.75, 3.05) is 6.61 Å². The molecular weight excluding hydrogens is 268 g/mol. The first-order valence-electron chi connectivity index (χ1n) is 6.06. The molecule has 1 aromatic heterocycles. The normalized spacial score (nSPS) is 29.6. The number of hydrogen-bond acceptors (Lipinski definition) is 6. The second-order valence-corrected chi connectivity index (χ2v) is 4.54. The Bertz CT molecular complexity index is 607. The SMILES string of the molecule is C=CCn1cc([C@@H]2O[C@H](CO)C(O)[C@@H]2O)c(=O)[nH]c1=O. The molecule has 1 aliphatic heterocycles. The van der Waals surface area contributed by atoms with Gasteiger partial charge < -0.3 is 20.1 Å². The van der Waals surface area contributed by atoms with E-state index in [1.165, 1.54) is 16.8 Å². The van der Waals surface area contributed by atoms with Crippen LogP contribution in [0.4, 0.5) is 0 Å². The van der Waals surface area contributed by atoms with Gasteiger partial charge in [-0.2, -0.15) is 0 Å². The lowest BCUT2D eigenvalue weighted by atomic mass is 10.0. The fourth-order valence-electron chi connectivity index (χ4n) is 2.16. The van der Waals surface area contributed by atoms with E-state index in [0.717, 1.165) is 0 Å². The van der Waals surface area contributed by atoms with Gasteiger partial charge >= 0.3 is 5.69 Å². The molecule has 8 nitrogen and oxygen atoms in total. The van der Waals surface area contributed by atoms with Crippen LogP contribution in [-0.4, -0.2) is 49.8 Å². The van der Waals surface area contributed by atoms with Crippen molar-refractivity contribution in [1.82, 2.24) is 9.55 Å². The predicted molar refractivity (Wildman–Crippen MR) is 68.2 cm³/mol. The average molecular weight is 284 g/mol. The van der Waals surface area contributed by atoms with Crippen LogP contribution in [0.25, 0.3) is 0 Å². The zero-order valence-electron chi connectivity index (χ0n) is 10.6. The zero-order chi connectivity index (χ0) is 14.9. The molecule has 0 spiro atoms. The van der Waals surface area contributed by atoms with Crippen LogP contribution in [-0.2, 0) is 11.3 Å². The minimum absolute atomic E-state index is 0.00829. The van der Waals surface area contributed by atoms with Crippen molar-refractivity contribution < 1.29 is 20.1 Å². The number of aromatic amines is 1. The maximum atomic E-state index is 11.8. The van der Waals surface area contributed by atoms with Gasteiger partial charge in [-0.15, -0.1) is 6.58 Å². The van der Waals surface area contributed by atoms with E-state index in [0.29, 0.717) is 0 Å². The molecule has 2 rings (SSSR count). The standard InChI is InChI=1S/C12H16N2O6/c1-2-3-14-4-6(11(18)13-12(14)19)10-9(17)8(16)7(5-15)20-10/h2,4,7-10,15-17H,1,3,5H2,(H,13,18,19)/t7-,8?,9+,10+/m1/s1. The van der Waals surface area contributed by atoms with Crippen molar-refractivity contribution in [2.45, 2.75) is 31.0 Å². The number of aliphatic hydroxyl groups is 3. The average Bonchev–Trinajstić information content (AvgIpc) is 2.70. The van der Waals surface area contributed by atoms with Gasteiger partial charge in [-0.1, -0.05) is 6.08 Å². The third kappa shape index (κ3) is 2.46. The second-order valence-electron chi connectivity index (χ2n) is 4.54. The van der Waals surface area contributed by atoms with E-state index < -0.39 is 42.3 Å². The van der Waals surface area contributed by atoms with E-state index in [1.807, 2.05) is 0 Å². The van der Waals surface area contributed by atoms with Crippen molar-refractivity contribution >= 4 is 0 Å².